The van der Waals surface area contributed by atoms with Crippen LogP contribution in [-0.2, 0) is 0 Å². The maximum atomic E-state index is 6.40. The van der Waals surface area contributed by atoms with Gasteiger partial charge in [-0.05, 0) is 75.0 Å². The summed E-state index contributed by atoms with van der Waals surface area (Å²) in [6, 6.07) is 22.7. The number of hydrogen-bond donors (Lipinski definition) is 1. The van der Waals surface area contributed by atoms with E-state index in [4.69, 9.17) is 13.8 Å². The molecule has 6 nitrogen and oxygen atoms in total. The summed E-state index contributed by atoms with van der Waals surface area (Å²) in [7, 11) is 1.97. The molecule has 7 aromatic rings. The summed E-state index contributed by atoms with van der Waals surface area (Å²) in [6.07, 6.45) is 2.03. The topological polar surface area (TPSA) is 60.5 Å². The second-order valence-corrected chi connectivity index (χ2v) is 8.94. The molecular weight excluding hydrogens is 436 g/mol. The molecular formula is C29H24N4O2. The maximum absolute atomic E-state index is 6.40. The molecule has 4 heterocycles. The lowest BCUT2D eigenvalue weighted by Crippen LogP contribution is -2.26. The van der Waals surface area contributed by atoms with Crippen LogP contribution in [0.3, 0.4) is 0 Å². The second kappa shape index (κ2) is 7.35. The van der Waals surface area contributed by atoms with Crippen molar-refractivity contribution in [3.63, 3.8) is 0 Å². The van der Waals surface area contributed by atoms with Gasteiger partial charge in [0.15, 0.2) is 0 Å². The number of imidazole rings is 2. The van der Waals surface area contributed by atoms with Crippen LogP contribution in [0.4, 0.5) is 0 Å². The highest BCUT2D eigenvalue weighted by molar-refractivity contribution is 6.06. The molecule has 0 amide bonds. The van der Waals surface area contributed by atoms with E-state index in [-0.39, 0.29) is 0 Å². The van der Waals surface area contributed by atoms with Gasteiger partial charge in [-0.3, -0.25) is 4.57 Å². The first kappa shape index (κ1) is 20.1. The minimum Gasteiger partial charge on any atom is -0.456 e. The SMILES string of the molecule is C/C=c1/oc2ccc(-n3c4c5ccccc5oc4n4c5ccccc5nc34)cc2/c1=C(/C)CNC. The van der Waals surface area contributed by atoms with Crippen molar-refractivity contribution in [1.82, 2.24) is 19.3 Å². The molecule has 0 aliphatic carbocycles. The van der Waals surface area contributed by atoms with Crippen LogP contribution < -0.4 is 16.0 Å². The Morgan fingerprint density at radius 2 is 1.77 bits per heavy atom. The number of benzene rings is 3. The minimum absolute atomic E-state index is 0.787. The van der Waals surface area contributed by atoms with Gasteiger partial charge in [0, 0.05) is 22.5 Å². The second-order valence-electron chi connectivity index (χ2n) is 8.94. The Morgan fingerprint density at radius 1 is 0.971 bits per heavy atom. The molecule has 0 unspecified atom stereocenters. The highest BCUT2D eigenvalue weighted by Gasteiger charge is 2.23. The number of aromatic nitrogens is 3. The molecule has 172 valence electrons. The Hall–Kier alpha value is -4.29. The molecule has 7 rings (SSSR count). The van der Waals surface area contributed by atoms with Gasteiger partial charge in [0.05, 0.1) is 16.7 Å². The highest BCUT2D eigenvalue weighted by atomic mass is 16.3. The van der Waals surface area contributed by atoms with E-state index in [1.54, 1.807) is 0 Å². The average Bonchev–Trinajstić information content (AvgIpc) is 3.60. The number of furan rings is 2. The predicted octanol–water partition coefficient (Wildman–Crippen LogP) is 5.11. The largest absolute Gasteiger partial charge is 0.456 e. The van der Waals surface area contributed by atoms with Gasteiger partial charge in [0.1, 0.15) is 22.1 Å². The third-order valence-corrected chi connectivity index (χ3v) is 6.81. The summed E-state index contributed by atoms with van der Waals surface area (Å²) in [5.74, 6) is 0.827. The van der Waals surface area contributed by atoms with E-state index in [1.807, 2.05) is 56.4 Å². The Morgan fingerprint density at radius 3 is 2.63 bits per heavy atom. The molecule has 6 heteroatoms. The van der Waals surface area contributed by atoms with Gasteiger partial charge in [-0.2, -0.15) is 0 Å². The molecule has 0 fully saturated rings. The van der Waals surface area contributed by atoms with Crippen LogP contribution in [0, 0.1) is 0 Å². The lowest BCUT2D eigenvalue weighted by Gasteiger charge is -2.05. The van der Waals surface area contributed by atoms with Crippen LogP contribution in [0.15, 0.2) is 75.6 Å². The van der Waals surface area contributed by atoms with Gasteiger partial charge in [-0.1, -0.05) is 24.3 Å². The highest BCUT2D eigenvalue weighted by Crippen LogP contribution is 2.36. The molecule has 1 N–H and O–H groups in total. The number of nitrogens with one attached hydrogen (secondary N) is 1. The van der Waals surface area contributed by atoms with Crippen molar-refractivity contribution in [2.45, 2.75) is 13.8 Å². The van der Waals surface area contributed by atoms with E-state index in [9.17, 15) is 0 Å². The normalized spacial score (nSPS) is 13.9. The van der Waals surface area contributed by atoms with Crippen molar-refractivity contribution < 1.29 is 8.83 Å². The Bertz CT molecular complexity index is 2050. The molecule has 35 heavy (non-hydrogen) atoms. The van der Waals surface area contributed by atoms with Crippen LogP contribution in [0.25, 0.3) is 67.3 Å². The van der Waals surface area contributed by atoms with Gasteiger partial charge in [0.25, 0.3) is 0 Å². The van der Waals surface area contributed by atoms with E-state index in [1.165, 1.54) is 5.57 Å². The maximum Gasteiger partial charge on any atom is 0.232 e. The van der Waals surface area contributed by atoms with Crippen molar-refractivity contribution in [2.24, 2.45) is 0 Å². The fraction of sp³-hybridized carbons (Fsp3) is 0.138. The van der Waals surface area contributed by atoms with E-state index in [0.29, 0.717) is 0 Å². The summed E-state index contributed by atoms with van der Waals surface area (Å²) in [4.78, 5) is 5.02. The van der Waals surface area contributed by atoms with E-state index >= 15 is 0 Å². The standard InChI is InChI=1S/C29H24N4O2/c1-4-23-26(17(2)16-30-3)20-15-18(13-14-25(20)34-23)32-27-19-9-5-8-12-24(19)35-28(27)33-22-11-7-6-10-21(22)31-29(32)33/h4-15,30H,16H2,1-3H3/b23-4+,26-17+. The lowest BCUT2D eigenvalue weighted by atomic mass is 10.1. The summed E-state index contributed by atoms with van der Waals surface area (Å²) >= 11 is 0. The number of hydrogen-bond acceptors (Lipinski definition) is 4. The van der Waals surface area contributed by atoms with Gasteiger partial charge < -0.3 is 14.2 Å². The van der Waals surface area contributed by atoms with Crippen molar-refractivity contribution >= 4 is 61.6 Å². The minimum atomic E-state index is 0.787. The van der Waals surface area contributed by atoms with E-state index in [0.717, 1.165) is 72.8 Å². The van der Waals surface area contributed by atoms with Gasteiger partial charge in [0.2, 0.25) is 11.5 Å². The average molecular weight is 461 g/mol. The first-order valence-corrected chi connectivity index (χ1v) is 11.8. The smallest absolute Gasteiger partial charge is 0.232 e. The molecule has 0 radical (unpaired) electrons. The molecule has 0 saturated carbocycles. The number of nitrogens with zero attached hydrogens (tertiary/aromatic N) is 3. The van der Waals surface area contributed by atoms with Crippen LogP contribution in [-0.4, -0.2) is 27.5 Å². The summed E-state index contributed by atoms with van der Waals surface area (Å²) in [6.45, 7) is 4.95. The summed E-state index contributed by atoms with van der Waals surface area (Å²) in [5.41, 5.74) is 8.64. The number of fused-ring (bicyclic) bond motifs is 8. The van der Waals surface area contributed by atoms with Gasteiger partial charge >= 0.3 is 0 Å². The Balaban J connectivity index is 1.67. The summed E-state index contributed by atoms with van der Waals surface area (Å²) in [5, 5.41) is 6.56. The molecule has 4 aromatic heterocycles. The quantitative estimate of drug-likeness (QED) is 0.398. The monoisotopic (exact) mass is 460 g/mol. The van der Waals surface area contributed by atoms with Gasteiger partial charge in [-0.25, -0.2) is 9.38 Å². The number of para-hydroxylation sites is 3. The first-order valence-electron chi connectivity index (χ1n) is 11.8. The predicted molar refractivity (Wildman–Crippen MR) is 141 cm³/mol. The molecule has 0 aliphatic heterocycles. The first-order chi connectivity index (χ1) is 17.2. The molecule has 0 atom stereocenters. The summed E-state index contributed by atoms with van der Waals surface area (Å²) < 4.78 is 16.9. The van der Waals surface area contributed by atoms with Crippen molar-refractivity contribution in [3.05, 3.63) is 77.4 Å². The molecule has 0 saturated heterocycles. The van der Waals surface area contributed by atoms with Crippen LogP contribution in [0.5, 0.6) is 0 Å². The zero-order valence-electron chi connectivity index (χ0n) is 19.8. The van der Waals surface area contributed by atoms with Crippen LogP contribution in [0.1, 0.15) is 13.8 Å². The lowest BCUT2D eigenvalue weighted by molar-refractivity contribution is 0.574. The molecule has 3 aromatic carbocycles. The molecule has 0 spiro atoms. The van der Waals surface area contributed by atoms with Crippen LogP contribution in [0.2, 0.25) is 0 Å². The Labute approximate surface area is 200 Å². The third-order valence-electron chi connectivity index (χ3n) is 6.81. The third kappa shape index (κ3) is 2.71. The van der Waals surface area contributed by atoms with Crippen molar-refractivity contribution in [2.75, 3.05) is 13.6 Å². The van der Waals surface area contributed by atoms with E-state index < -0.39 is 0 Å². The fourth-order valence-electron chi connectivity index (χ4n) is 5.34. The van der Waals surface area contributed by atoms with Crippen LogP contribution >= 0.6 is 0 Å². The Kier molecular flexibility index (Phi) is 4.23. The zero-order valence-corrected chi connectivity index (χ0v) is 19.8. The van der Waals surface area contributed by atoms with Crippen molar-refractivity contribution in [1.29, 1.82) is 0 Å². The van der Waals surface area contributed by atoms with E-state index in [2.05, 4.69) is 51.5 Å². The number of rotatable bonds is 3. The molecule has 0 aliphatic rings. The zero-order chi connectivity index (χ0) is 23.7. The van der Waals surface area contributed by atoms with Crippen molar-refractivity contribution in [3.8, 4) is 5.69 Å². The van der Waals surface area contributed by atoms with Gasteiger partial charge in [-0.15, -0.1) is 0 Å². The fourth-order valence-corrected chi connectivity index (χ4v) is 5.34. The molecule has 0 bridgehead atoms.